The molecule has 0 saturated carbocycles. The van der Waals surface area contributed by atoms with Crippen LogP contribution in [0.5, 0.6) is 0 Å². The zero-order valence-corrected chi connectivity index (χ0v) is 18.7. The van der Waals surface area contributed by atoms with Crippen molar-refractivity contribution in [2.45, 2.75) is 30.4 Å². The van der Waals surface area contributed by atoms with Crippen molar-refractivity contribution in [3.8, 4) is 0 Å². The number of sulfone groups is 1. The van der Waals surface area contributed by atoms with Crippen LogP contribution in [0.1, 0.15) is 28.4 Å². The number of carbonyl (C=O) groups excluding carboxylic acids is 2. The largest absolute Gasteiger partial charge is 0.324 e. The maximum atomic E-state index is 13.5. The molecule has 3 aromatic rings. The summed E-state index contributed by atoms with van der Waals surface area (Å²) in [5.41, 5.74) is 3.43. The van der Waals surface area contributed by atoms with Crippen LogP contribution in [0.25, 0.3) is 0 Å². The highest BCUT2D eigenvalue weighted by Crippen LogP contribution is 2.40. The number of nitrogens with zero attached hydrogens (tertiary/aromatic N) is 1. The second kappa shape index (κ2) is 8.59. The van der Waals surface area contributed by atoms with Gasteiger partial charge in [-0.15, -0.1) is 0 Å². The van der Waals surface area contributed by atoms with E-state index < -0.39 is 26.9 Å². The van der Waals surface area contributed by atoms with E-state index in [0.29, 0.717) is 11.3 Å². The Morgan fingerprint density at radius 1 is 0.969 bits per heavy atom. The number of anilines is 2. The van der Waals surface area contributed by atoms with Crippen molar-refractivity contribution in [2.75, 3.05) is 16.8 Å². The first-order valence-corrected chi connectivity index (χ1v) is 11.9. The van der Waals surface area contributed by atoms with Gasteiger partial charge in [0.15, 0.2) is 9.84 Å². The van der Waals surface area contributed by atoms with Crippen LogP contribution in [0.15, 0.2) is 77.7 Å². The SMILES string of the molecule is Cc1cccc(NC(=O)CN2C(=O)CC(c3ccccc3)S(=O)(=O)c3ccccc32)c1C. The Balaban J connectivity index is 1.70. The van der Waals surface area contributed by atoms with Gasteiger partial charge in [-0.3, -0.25) is 9.59 Å². The third kappa shape index (κ3) is 4.03. The van der Waals surface area contributed by atoms with Gasteiger partial charge in [-0.05, 0) is 48.7 Å². The normalized spacial score (nSPS) is 17.4. The van der Waals surface area contributed by atoms with E-state index in [1.54, 1.807) is 54.6 Å². The molecule has 6 nitrogen and oxygen atoms in total. The fourth-order valence-electron chi connectivity index (χ4n) is 3.94. The fourth-order valence-corrected chi connectivity index (χ4v) is 5.87. The molecule has 0 fully saturated rings. The molecule has 0 aromatic heterocycles. The summed E-state index contributed by atoms with van der Waals surface area (Å²) in [4.78, 5) is 27.4. The minimum absolute atomic E-state index is 0.0549. The summed E-state index contributed by atoms with van der Waals surface area (Å²) in [6, 6.07) is 20.7. The molecule has 1 atom stereocenters. The van der Waals surface area contributed by atoms with E-state index in [-0.39, 0.29) is 23.5 Å². The van der Waals surface area contributed by atoms with E-state index in [4.69, 9.17) is 0 Å². The van der Waals surface area contributed by atoms with Gasteiger partial charge in [0.1, 0.15) is 6.54 Å². The molecule has 1 N–H and O–H groups in total. The van der Waals surface area contributed by atoms with E-state index >= 15 is 0 Å². The Morgan fingerprint density at radius 3 is 2.41 bits per heavy atom. The van der Waals surface area contributed by atoms with Gasteiger partial charge in [0.05, 0.1) is 15.8 Å². The second-order valence-corrected chi connectivity index (χ2v) is 9.99. The number of para-hydroxylation sites is 1. The molecular formula is C25H24N2O4S. The van der Waals surface area contributed by atoms with Crippen LogP contribution < -0.4 is 10.2 Å². The quantitative estimate of drug-likeness (QED) is 0.649. The Morgan fingerprint density at radius 2 is 1.66 bits per heavy atom. The highest BCUT2D eigenvalue weighted by molar-refractivity contribution is 7.92. The van der Waals surface area contributed by atoms with E-state index in [1.165, 1.54) is 11.0 Å². The van der Waals surface area contributed by atoms with Crippen LogP contribution in [0.2, 0.25) is 0 Å². The van der Waals surface area contributed by atoms with Gasteiger partial charge >= 0.3 is 0 Å². The van der Waals surface area contributed by atoms with E-state index in [9.17, 15) is 18.0 Å². The number of hydrogen-bond donors (Lipinski definition) is 1. The Hall–Kier alpha value is -3.45. The number of benzene rings is 3. The predicted octanol–water partition coefficient (Wildman–Crippen LogP) is 4.19. The lowest BCUT2D eigenvalue weighted by Crippen LogP contribution is -2.38. The van der Waals surface area contributed by atoms with Crippen LogP contribution in [0.4, 0.5) is 11.4 Å². The molecule has 1 aliphatic rings. The minimum atomic E-state index is -3.84. The summed E-state index contributed by atoms with van der Waals surface area (Å²) in [5.74, 6) is -0.805. The molecule has 0 aliphatic carbocycles. The lowest BCUT2D eigenvalue weighted by atomic mass is 10.1. The summed E-state index contributed by atoms with van der Waals surface area (Å²) < 4.78 is 27.0. The van der Waals surface area contributed by atoms with Gasteiger partial charge in [-0.25, -0.2) is 8.42 Å². The topological polar surface area (TPSA) is 83.6 Å². The van der Waals surface area contributed by atoms with Crippen molar-refractivity contribution >= 4 is 33.0 Å². The number of nitrogens with one attached hydrogen (secondary N) is 1. The van der Waals surface area contributed by atoms with Crippen molar-refractivity contribution in [1.29, 1.82) is 0 Å². The summed E-state index contributed by atoms with van der Waals surface area (Å²) in [6.07, 6.45) is -0.238. The van der Waals surface area contributed by atoms with Gasteiger partial charge in [-0.2, -0.15) is 0 Å². The molecule has 0 spiro atoms. The van der Waals surface area contributed by atoms with Gasteiger partial charge in [-0.1, -0.05) is 54.6 Å². The summed E-state index contributed by atoms with van der Waals surface area (Å²) >= 11 is 0. The van der Waals surface area contributed by atoms with Crippen LogP contribution in [0.3, 0.4) is 0 Å². The molecule has 0 saturated heterocycles. The molecule has 7 heteroatoms. The smallest absolute Gasteiger partial charge is 0.244 e. The number of amides is 2. The third-order valence-corrected chi connectivity index (χ3v) is 8.00. The number of hydrogen-bond acceptors (Lipinski definition) is 4. The summed E-state index contributed by atoms with van der Waals surface area (Å²) in [5, 5.41) is 1.84. The molecule has 0 bridgehead atoms. The van der Waals surface area contributed by atoms with Crippen molar-refractivity contribution in [1.82, 2.24) is 0 Å². The molecule has 164 valence electrons. The summed E-state index contributed by atoms with van der Waals surface area (Å²) in [6.45, 7) is 3.59. The maximum Gasteiger partial charge on any atom is 0.244 e. The number of rotatable bonds is 4. The van der Waals surface area contributed by atoms with Crippen LogP contribution in [-0.4, -0.2) is 26.8 Å². The zero-order valence-electron chi connectivity index (χ0n) is 17.9. The summed E-state index contributed by atoms with van der Waals surface area (Å²) in [7, 11) is -3.84. The van der Waals surface area contributed by atoms with Gasteiger partial charge in [0.25, 0.3) is 0 Å². The molecule has 4 rings (SSSR count). The van der Waals surface area contributed by atoms with Crippen LogP contribution in [-0.2, 0) is 19.4 Å². The molecule has 3 aromatic carbocycles. The molecule has 1 aliphatic heterocycles. The molecule has 1 heterocycles. The highest BCUT2D eigenvalue weighted by Gasteiger charge is 2.39. The monoisotopic (exact) mass is 448 g/mol. The minimum Gasteiger partial charge on any atom is -0.324 e. The average molecular weight is 449 g/mol. The Kier molecular flexibility index (Phi) is 5.84. The Labute approximate surface area is 187 Å². The molecular weight excluding hydrogens is 424 g/mol. The fraction of sp³-hybridized carbons (Fsp3) is 0.200. The van der Waals surface area contributed by atoms with Crippen molar-refractivity contribution in [3.05, 3.63) is 89.5 Å². The van der Waals surface area contributed by atoms with Crippen molar-refractivity contribution in [2.24, 2.45) is 0 Å². The van der Waals surface area contributed by atoms with Crippen molar-refractivity contribution < 1.29 is 18.0 Å². The molecule has 0 radical (unpaired) electrons. The van der Waals surface area contributed by atoms with E-state index in [1.807, 2.05) is 26.0 Å². The molecule has 32 heavy (non-hydrogen) atoms. The van der Waals surface area contributed by atoms with Gasteiger partial charge < -0.3 is 10.2 Å². The van der Waals surface area contributed by atoms with Crippen LogP contribution >= 0.6 is 0 Å². The first kappa shape index (κ1) is 21.8. The standard InChI is InChI=1S/C25H24N2O4S/c1-17-9-8-12-20(18(17)2)26-24(28)16-27-21-13-6-7-14-22(21)32(30,31)23(15-25(27)29)19-10-4-3-5-11-19/h3-14,23H,15-16H2,1-2H3,(H,26,28). The van der Waals surface area contributed by atoms with E-state index in [0.717, 1.165) is 11.1 Å². The zero-order chi connectivity index (χ0) is 22.9. The van der Waals surface area contributed by atoms with Crippen molar-refractivity contribution in [3.63, 3.8) is 0 Å². The Bertz CT molecular complexity index is 1290. The second-order valence-electron chi connectivity index (χ2n) is 7.89. The number of aryl methyl sites for hydroxylation is 1. The molecule has 2 amide bonds. The maximum absolute atomic E-state index is 13.5. The van der Waals surface area contributed by atoms with Gasteiger partial charge in [0.2, 0.25) is 11.8 Å². The first-order valence-electron chi connectivity index (χ1n) is 10.3. The lowest BCUT2D eigenvalue weighted by Gasteiger charge is -2.22. The van der Waals surface area contributed by atoms with E-state index in [2.05, 4.69) is 5.32 Å². The average Bonchev–Trinajstić information content (AvgIpc) is 2.86. The lowest BCUT2D eigenvalue weighted by molar-refractivity contribution is -0.121. The predicted molar refractivity (Wildman–Crippen MR) is 124 cm³/mol. The number of carbonyl (C=O) groups is 2. The van der Waals surface area contributed by atoms with Crippen LogP contribution in [0, 0.1) is 13.8 Å². The van der Waals surface area contributed by atoms with Gasteiger partial charge in [0, 0.05) is 12.1 Å². The number of fused-ring (bicyclic) bond motifs is 1. The first-order chi connectivity index (χ1) is 15.3. The third-order valence-electron chi connectivity index (χ3n) is 5.85. The highest BCUT2D eigenvalue weighted by atomic mass is 32.2. The molecule has 1 unspecified atom stereocenters.